The van der Waals surface area contributed by atoms with E-state index in [1.165, 1.54) is 18.9 Å². The largest absolute Gasteiger partial charge is 0.380 e. The summed E-state index contributed by atoms with van der Waals surface area (Å²) < 4.78 is 33.1. The van der Waals surface area contributed by atoms with Gasteiger partial charge in [-0.3, -0.25) is 4.79 Å². The van der Waals surface area contributed by atoms with Crippen molar-refractivity contribution >= 4 is 15.9 Å². The molecule has 2 bridgehead atoms. The zero-order valence-corrected chi connectivity index (χ0v) is 15.9. The van der Waals surface area contributed by atoms with Crippen LogP contribution in [-0.2, 0) is 14.8 Å². The van der Waals surface area contributed by atoms with Crippen LogP contribution >= 0.6 is 0 Å². The van der Waals surface area contributed by atoms with E-state index >= 15 is 0 Å². The number of hydrogen-bond acceptors (Lipinski definition) is 4. The Balaban J connectivity index is 1.50. The third kappa shape index (κ3) is 3.40. The van der Waals surface area contributed by atoms with Gasteiger partial charge >= 0.3 is 0 Å². The lowest BCUT2D eigenvalue weighted by Crippen LogP contribution is -2.48. The van der Waals surface area contributed by atoms with Crippen LogP contribution in [0.1, 0.15) is 43.0 Å². The Kier molecular flexibility index (Phi) is 4.57. The van der Waals surface area contributed by atoms with E-state index in [9.17, 15) is 13.2 Å². The molecule has 7 heteroatoms. The summed E-state index contributed by atoms with van der Waals surface area (Å²) in [7, 11) is -3.64. The highest BCUT2D eigenvalue weighted by molar-refractivity contribution is 7.89. The zero-order chi connectivity index (χ0) is 18.4. The van der Waals surface area contributed by atoms with Crippen molar-refractivity contribution in [3.8, 4) is 0 Å². The first kappa shape index (κ1) is 17.9. The van der Waals surface area contributed by atoms with Gasteiger partial charge in [0.25, 0.3) is 5.91 Å². The smallest absolute Gasteiger partial charge is 0.254 e. The molecule has 1 N–H and O–H groups in total. The Morgan fingerprint density at radius 1 is 1.35 bits per heavy atom. The first-order valence-corrected chi connectivity index (χ1v) is 10.8. The third-order valence-electron chi connectivity index (χ3n) is 5.89. The highest BCUT2D eigenvalue weighted by Gasteiger charge is 2.38. The third-order valence-corrected chi connectivity index (χ3v) is 7.29. The van der Waals surface area contributed by atoms with E-state index in [1.807, 2.05) is 11.8 Å². The molecule has 1 amide bonds. The summed E-state index contributed by atoms with van der Waals surface area (Å²) in [6.45, 7) is 4.25. The maximum Gasteiger partial charge on any atom is 0.254 e. The molecule has 2 atom stereocenters. The minimum Gasteiger partial charge on any atom is -0.380 e. The molecule has 2 heterocycles. The van der Waals surface area contributed by atoms with Crippen LogP contribution in [0, 0.1) is 11.3 Å². The number of amides is 1. The first-order valence-electron chi connectivity index (χ1n) is 9.35. The van der Waals surface area contributed by atoms with Crippen LogP contribution in [0.15, 0.2) is 29.2 Å². The molecule has 1 aliphatic carbocycles. The van der Waals surface area contributed by atoms with Crippen LogP contribution < -0.4 is 4.72 Å². The molecule has 0 radical (unpaired) electrons. The summed E-state index contributed by atoms with van der Waals surface area (Å²) in [5, 5.41) is 0. The number of nitrogens with zero attached hydrogens (tertiary/aromatic N) is 1. The average molecular weight is 378 g/mol. The number of rotatable bonds is 5. The minimum atomic E-state index is -3.64. The molecule has 1 saturated carbocycles. The number of hydrogen-bond donors (Lipinski definition) is 1. The van der Waals surface area contributed by atoms with Gasteiger partial charge in [0.1, 0.15) is 0 Å². The fourth-order valence-corrected chi connectivity index (χ4v) is 5.50. The van der Waals surface area contributed by atoms with Crippen molar-refractivity contribution in [3.63, 3.8) is 0 Å². The monoisotopic (exact) mass is 378 g/mol. The van der Waals surface area contributed by atoms with E-state index < -0.39 is 10.0 Å². The molecular formula is C19H26N2O4S. The number of carbonyl (C=O) groups excluding carboxylic acids is 1. The molecule has 1 aromatic rings. The van der Waals surface area contributed by atoms with Crippen molar-refractivity contribution in [1.82, 2.24) is 9.62 Å². The molecule has 6 nitrogen and oxygen atoms in total. The lowest BCUT2D eigenvalue weighted by Gasteiger charge is -2.37. The predicted molar refractivity (Wildman–Crippen MR) is 97.3 cm³/mol. The summed E-state index contributed by atoms with van der Waals surface area (Å²) in [6, 6.07) is 6.73. The van der Waals surface area contributed by atoms with E-state index in [1.54, 1.807) is 18.2 Å². The molecule has 3 aliphatic rings. The molecule has 2 aliphatic heterocycles. The molecule has 0 spiro atoms. The number of fused-ring (bicyclic) bond motifs is 2. The SMILES string of the molecule is CC1(CNS(=O)(=O)c2cccc(C(=O)N3C[C@@H]4CCC[C@H]3C4)c2)COC1. The summed E-state index contributed by atoms with van der Waals surface area (Å²) in [4.78, 5) is 15.0. The van der Waals surface area contributed by atoms with Crippen molar-refractivity contribution < 1.29 is 17.9 Å². The number of sulfonamides is 1. The summed E-state index contributed by atoms with van der Waals surface area (Å²) in [5.41, 5.74) is 0.312. The summed E-state index contributed by atoms with van der Waals surface area (Å²) in [6.07, 6.45) is 4.52. The second-order valence-electron chi connectivity index (χ2n) is 8.30. The molecule has 3 fully saturated rings. The lowest BCUT2D eigenvalue weighted by molar-refractivity contribution is -0.0965. The minimum absolute atomic E-state index is 0.0456. The van der Waals surface area contributed by atoms with Crippen molar-refractivity contribution in [3.05, 3.63) is 29.8 Å². The Morgan fingerprint density at radius 3 is 2.85 bits per heavy atom. The molecule has 26 heavy (non-hydrogen) atoms. The fourth-order valence-electron chi connectivity index (χ4n) is 4.25. The van der Waals surface area contributed by atoms with E-state index in [4.69, 9.17) is 4.74 Å². The van der Waals surface area contributed by atoms with Gasteiger partial charge in [-0.05, 0) is 43.4 Å². The van der Waals surface area contributed by atoms with Gasteiger partial charge in [-0.25, -0.2) is 13.1 Å². The van der Waals surface area contributed by atoms with Crippen LogP contribution in [0.5, 0.6) is 0 Å². The predicted octanol–water partition coefficient (Wildman–Crippen LogP) is 2.02. The molecule has 2 saturated heterocycles. The number of benzene rings is 1. The molecule has 4 rings (SSSR count). The van der Waals surface area contributed by atoms with E-state index in [0.717, 1.165) is 19.4 Å². The van der Waals surface area contributed by atoms with Crippen molar-refractivity contribution in [2.24, 2.45) is 11.3 Å². The van der Waals surface area contributed by atoms with E-state index in [-0.39, 0.29) is 16.2 Å². The first-order chi connectivity index (χ1) is 12.4. The second kappa shape index (κ2) is 6.62. The second-order valence-corrected chi connectivity index (χ2v) is 10.1. The average Bonchev–Trinajstić information content (AvgIpc) is 2.91. The van der Waals surface area contributed by atoms with Crippen LogP contribution in [0.3, 0.4) is 0 Å². The normalized spacial score (nSPS) is 27.2. The number of nitrogens with one attached hydrogen (secondary N) is 1. The molecule has 142 valence electrons. The van der Waals surface area contributed by atoms with Gasteiger partial charge in [-0.15, -0.1) is 0 Å². The standard InChI is InChI=1S/C19H26N2O4S/c1-19(12-25-13-19)11-20-26(23,24)17-7-3-5-15(9-17)18(22)21-10-14-4-2-6-16(21)8-14/h3,5,7,9,14,16,20H,2,4,6,8,10-13H2,1H3/t14-,16+/m1/s1. The number of carbonyl (C=O) groups is 1. The van der Waals surface area contributed by atoms with Gasteiger partial charge in [0.2, 0.25) is 10.0 Å². The zero-order valence-electron chi connectivity index (χ0n) is 15.1. The topological polar surface area (TPSA) is 75.7 Å². The van der Waals surface area contributed by atoms with Crippen molar-refractivity contribution in [2.45, 2.75) is 43.5 Å². The van der Waals surface area contributed by atoms with Crippen LogP contribution in [0.4, 0.5) is 0 Å². The Bertz CT molecular complexity index is 804. The van der Waals surface area contributed by atoms with E-state index in [0.29, 0.717) is 37.3 Å². The van der Waals surface area contributed by atoms with Crippen LogP contribution in [-0.4, -0.2) is 51.6 Å². The summed E-state index contributed by atoms with van der Waals surface area (Å²) in [5.74, 6) is 0.563. The molecule has 0 unspecified atom stereocenters. The Morgan fingerprint density at radius 2 is 2.15 bits per heavy atom. The Hall–Kier alpha value is -1.44. The Labute approximate surface area is 155 Å². The van der Waals surface area contributed by atoms with Gasteiger partial charge in [0, 0.05) is 30.1 Å². The number of likely N-dealkylation sites (tertiary alicyclic amines) is 1. The van der Waals surface area contributed by atoms with Gasteiger partial charge in [0.15, 0.2) is 0 Å². The maximum absolute atomic E-state index is 12.9. The molecule has 1 aromatic carbocycles. The van der Waals surface area contributed by atoms with Gasteiger partial charge in [-0.2, -0.15) is 0 Å². The molecular weight excluding hydrogens is 352 g/mol. The highest BCUT2D eigenvalue weighted by atomic mass is 32.2. The van der Waals surface area contributed by atoms with Crippen molar-refractivity contribution in [1.29, 1.82) is 0 Å². The summed E-state index contributed by atoms with van der Waals surface area (Å²) >= 11 is 0. The highest BCUT2D eigenvalue weighted by Crippen LogP contribution is 2.36. The quantitative estimate of drug-likeness (QED) is 0.850. The van der Waals surface area contributed by atoms with Gasteiger partial charge < -0.3 is 9.64 Å². The fraction of sp³-hybridized carbons (Fsp3) is 0.632. The van der Waals surface area contributed by atoms with Gasteiger partial charge in [0.05, 0.1) is 18.1 Å². The maximum atomic E-state index is 12.9. The van der Waals surface area contributed by atoms with Crippen molar-refractivity contribution in [2.75, 3.05) is 26.3 Å². The lowest BCUT2D eigenvalue weighted by atomic mass is 9.89. The van der Waals surface area contributed by atoms with Gasteiger partial charge in [-0.1, -0.05) is 19.4 Å². The van der Waals surface area contributed by atoms with Crippen LogP contribution in [0.25, 0.3) is 0 Å². The van der Waals surface area contributed by atoms with Crippen LogP contribution in [0.2, 0.25) is 0 Å². The number of ether oxygens (including phenoxy) is 1. The van der Waals surface area contributed by atoms with E-state index in [2.05, 4.69) is 4.72 Å². The molecule has 0 aromatic heterocycles.